The summed E-state index contributed by atoms with van der Waals surface area (Å²) in [6.45, 7) is 3.48. The molecule has 0 aliphatic heterocycles. The molecule has 0 fully saturated rings. The molecule has 3 atom stereocenters. The number of aliphatic carboxylic acids is 1. The smallest absolute Gasteiger partial charge is 0.326 e. The molecule has 34 heavy (non-hydrogen) atoms. The van der Waals surface area contributed by atoms with Crippen LogP contribution in [-0.2, 0) is 19.2 Å². The first-order valence-electron chi connectivity index (χ1n) is 10.8. The summed E-state index contributed by atoms with van der Waals surface area (Å²) in [5, 5.41) is 16.9. The number of guanidine groups is 2. The minimum Gasteiger partial charge on any atom is -0.480 e. The molecular formula is C19H38N10O5. The van der Waals surface area contributed by atoms with E-state index in [1.54, 1.807) is 13.8 Å². The van der Waals surface area contributed by atoms with Crippen molar-refractivity contribution < 1.29 is 24.3 Å². The Kier molecular flexibility index (Phi) is 14.4. The summed E-state index contributed by atoms with van der Waals surface area (Å²) in [4.78, 5) is 56.6. The van der Waals surface area contributed by atoms with Crippen LogP contribution in [-0.4, -0.2) is 78.5 Å². The van der Waals surface area contributed by atoms with Gasteiger partial charge in [0.25, 0.3) is 0 Å². The molecule has 0 rings (SSSR count). The Labute approximate surface area is 198 Å². The van der Waals surface area contributed by atoms with E-state index in [0.29, 0.717) is 12.8 Å². The molecule has 0 aromatic rings. The van der Waals surface area contributed by atoms with Crippen LogP contribution < -0.4 is 44.6 Å². The molecule has 0 heterocycles. The van der Waals surface area contributed by atoms with E-state index in [9.17, 15) is 24.3 Å². The standard InChI is InChI=1S/C19H38N10O5/c1-10(2)14(16(32)28-12(17(33)34)6-4-8-26-19(23)24)29-15(31)11(27-13(30)9-20)5-3-7-25-18(21)22/h10-12,14H,3-9,20H2,1-2H3,(H,27,30)(H,28,32)(H,29,31)(H,33,34)(H4,21,22,25)(H4,23,24,26). The zero-order valence-corrected chi connectivity index (χ0v) is 19.6. The molecular weight excluding hydrogens is 448 g/mol. The molecule has 0 radical (unpaired) electrons. The largest absolute Gasteiger partial charge is 0.480 e. The van der Waals surface area contributed by atoms with Gasteiger partial charge in [0.2, 0.25) is 17.7 Å². The second-order valence-electron chi connectivity index (χ2n) is 7.85. The van der Waals surface area contributed by atoms with Crippen molar-refractivity contribution in [1.29, 1.82) is 0 Å². The number of aliphatic imine (C=N–C) groups is 2. The Balaban J connectivity index is 5.26. The molecule has 3 unspecified atom stereocenters. The molecule has 0 aliphatic carbocycles. The van der Waals surface area contributed by atoms with Gasteiger partial charge in [-0.05, 0) is 31.6 Å². The topological polar surface area (TPSA) is 279 Å². The highest BCUT2D eigenvalue weighted by atomic mass is 16.4. The average molecular weight is 487 g/mol. The maximum atomic E-state index is 12.8. The van der Waals surface area contributed by atoms with Crippen LogP contribution in [0.15, 0.2) is 9.98 Å². The van der Waals surface area contributed by atoms with Gasteiger partial charge in [-0.25, -0.2) is 4.79 Å². The number of carboxylic acid groups (broad SMARTS) is 1. The summed E-state index contributed by atoms with van der Waals surface area (Å²) in [6.07, 6.45) is 0.951. The van der Waals surface area contributed by atoms with Gasteiger partial charge in [0.05, 0.1) is 6.54 Å². The number of nitrogens with two attached hydrogens (primary N) is 5. The van der Waals surface area contributed by atoms with Crippen molar-refractivity contribution in [2.45, 2.75) is 57.7 Å². The normalized spacial score (nSPS) is 13.2. The van der Waals surface area contributed by atoms with Crippen molar-refractivity contribution in [3.63, 3.8) is 0 Å². The van der Waals surface area contributed by atoms with Gasteiger partial charge in [0, 0.05) is 13.1 Å². The third-order valence-corrected chi connectivity index (χ3v) is 4.59. The molecule has 194 valence electrons. The zero-order chi connectivity index (χ0) is 26.3. The summed E-state index contributed by atoms with van der Waals surface area (Å²) < 4.78 is 0. The van der Waals surface area contributed by atoms with Crippen molar-refractivity contribution in [2.24, 2.45) is 44.6 Å². The molecule has 15 heteroatoms. The average Bonchev–Trinajstić information content (AvgIpc) is 2.74. The number of carbonyl (C=O) groups excluding carboxylic acids is 3. The Bertz CT molecular complexity index is 748. The number of nitrogens with zero attached hydrogens (tertiary/aromatic N) is 2. The van der Waals surface area contributed by atoms with Gasteiger partial charge in [-0.3, -0.25) is 24.4 Å². The number of hydrogen-bond donors (Lipinski definition) is 9. The summed E-state index contributed by atoms with van der Waals surface area (Å²) >= 11 is 0. The number of hydrogen-bond acceptors (Lipinski definition) is 7. The third kappa shape index (κ3) is 13.0. The molecule has 0 spiro atoms. The SMILES string of the molecule is CC(C)C(NC(=O)C(CCCN=C(N)N)NC(=O)CN)C(=O)NC(CCCN=C(N)N)C(=O)O. The lowest BCUT2D eigenvalue weighted by Gasteiger charge is -2.26. The van der Waals surface area contributed by atoms with Crippen LogP contribution in [0.4, 0.5) is 0 Å². The molecule has 0 saturated heterocycles. The Morgan fingerprint density at radius 2 is 1.29 bits per heavy atom. The van der Waals surface area contributed by atoms with Crippen LogP contribution in [0.3, 0.4) is 0 Å². The van der Waals surface area contributed by atoms with Crippen molar-refractivity contribution in [2.75, 3.05) is 19.6 Å². The van der Waals surface area contributed by atoms with E-state index in [1.807, 2.05) is 0 Å². The van der Waals surface area contributed by atoms with Crippen molar-refractivity contribution in [1.82, 2.24) is 16.0 Å². The minimum atomic E-state index is -1.24. The number of carboxylic acids is 1. The van der Waals surface area contributed by atoms with Crippen molar-refractivity contribution in [3.05, 3.63) is 0 Å². The van der Waals surface area contributed by atoms with Crippen molar-refractivity contribution >= 4 is 35.6 Å². The molecule has 0 aromatic carbocycles. The Morgan fingerprint density at radius 1 is 0.794 bits per heavy atom. The fourth-order valence-corrected chi connectivity index (χ4v) is 2.84. The van der Waals surface area contributed by atoms with E-state index in [1.165, 1.54) is 0 Å². The number of nitrogens with one attached hydrogen (secondary N) is 3. The monoisotopic (exact) mass is 486 g/mol. The summed E-state index contributed by atoms with van der Waals surface area (Å²) in [6, 6.07) is -3.25. The lowest BCUT2D eigenvalue weighted by atomic mass is 10.0. The quantitative estimate of drug-likeness (QED) is 0.0583. The van der Waals surface area contributed by atoms with Crippen LogP contribution in [0.5, 0.6) is 0 Å². The van der Waals surface area contributed by atoms with Crippen LogP contribution >= 0.6 is 0 Å². The highest BCUT2D eigenvalue weighted by molar-refractivity contribution is 5.93. The molecule has 3 amide bonds. The van der Waals surface area contributed by atoms with E-state index in [4.69, 9.17) is 28.7 Å². The molecule has 0 saturated carbocycles. The van der Waals surface area contributed by atoms with Gasteiger partial charge < -0.3 is 49.7 Å². The highest BCUT2D eigenvalue weighted by Crippen LogP contribution is 2.07. The summed E-state index contributed by atoms with van der Waals surface area (Å²) in [5.41, 5.74) is 26.3. The predicted molar refractivity (Wildman–Crippen MR) is 127 cm³/mol. The second-order valence-corrected chi connectivity index (χ2v) is 7.85. The highest BCUT2D eigenvalue weighted by Gasteiger charge is 2.31. The first-order valence-corrected chi connectivity index (χ1v) is 10.8. The number of rotatable bonds is 16. The first-order chi connectivity index (χ1) is 15.9. The molecule has 14 N–H and O–H groups in total. The van der Waals surface area contributed by atoms with Gasteiger partial charge in [-0.2, -0.15) is 0 Å². The van der Waals surface area contributed by atoms with Crippen molar-refractivity contribution in [3.8, 4) is 0 Å². The Morgan fingerprint density at radius 3 is 1.71 bits per heavy atom. The fourth-order valence-electron chi connectivity index (χ4n) is 2.84. The maximum Gasteiger partial charge on any atom is 0.326 e. The number of carbonyl (C=O) groups is 4. The Hall–Kier alpha value is -3.62. The van der Waals surface area contributed by atoms with Crippen LogP contribution in [0.1, 0.15) is 39.5 Å². The van der Waals surface area contributed by atoms with Crippen LogP contribution in [0.2, 0.25) is 0 Å². The first kappa shape index (κ1) is 30.4. The molecule has 0 bridgehead atoms. The zero-order valence-electron chi connectivity index (χ0n) is 19.6. The van der Waals surface area contributed by atoms with Gasteiger partial charge in [-0.1, -0.05) is 13.8 Å². The predicted octanol–water partition coefficient (Wildman–Crippen LogP) is -3.75. The van der Waals surface area contributed by atoms with Gasteiger partial charge >= 0.3 is 5.97 Å². The minimum absolute atomic E-state index is 0.0799. The lowest BCUT2D eigenvalue weighted by molar-refractivity contribution is -0.142. The van der Waals surface area contributed by atoms with E-state index in [-0.39, 0.29) is 50.3 Å². The fraction of sp³-hybridized carbons (Fsp3) is 0.684. The van der Waals surface area contributed by atoms with E-state index < -0.39 is 41.8 Å². The van der Waals surface area contributed by atoms with Crippen LogP contribution in [0, 0.1) is 5.92 Å². The van der Waals surface area contributed by atoms with E-state index in [0.717, 1.165) is 0 Å². The molecule has 0 aliphatic rings. The van der Waals surface area contributed by atoms with E-state index >= 15 is 0 Å². The third-order valence-electron chi connectivity index (χ3n) is 4.59. The molecule has 15 nitrogen and oxygen atoms in total. The van der Waals surface area contributed by atoms with Gasteiger partial charge in [-0.15, -0.1) is 0 Å². The number of amides is 3. The van der Waals surface area contributed by atoms with Gasteiger partial charge in [0.15, 0.2) is 11.9 Å². The summed E-state index contributed by atoms with van der Waals surface area (Å²) in [7, 11) is 0. The van der Waals surface area contributed by atoms with E-state index in [2.05, 4.69) is 25.9 Å². The lowest BCUT2D eigenvalue weighted by Crippen LogP contribution is -2.57. The summed E-state index contributed by atoms with van der Waals surface area (Å²) in [5.74, 6) is -3.70. The maximum absolute atomic E-state index is 12.8. The second kappa shape index (κ2) is 16.1. The molecule has 0 aromatic heterocycles. The van der Waals surface area contributed by atoms with Gasteiger partial charge in [0.1, 0.15) is 18.1 Å². The van der Waals surface area contributed by atoms with Crippen LogP contribution in [0.25, 0.3) is 0 Å².